The van der Waals surface area contributed by atoms with Crippen LogP contribution >= 0.6 is 0 Å². The number of aliphatic hydroxyl groups is 1. The minimum absolute atomic E-state index is 0.230. The van der Waals surface area contributed by atoms with E-state index in [4.69, 9.17) is 0 Å². The first-order chi connectivity index (χ1) is 9.36. The molecule has 2 rings (SSSR count). The van der Waals surface area contributed by atoms with Crippen LogP contribution in [-0.2, 0) is 12.6 Å². The van der Waals surface area contributed by atoms with E-state index in [1.807, 2.05) is 13.0 Å². The van der Waals surface area contributed by atoms with Gasteiger partial charge in [0, 0.05) is 12.6 Å². The second-order valence-corrected chi connectivity index (χ2v) is 4.68. The monoisotopic (exact) mass is 281 g/mol. The van der Waals surface area contributed by atoms with Gasteiger partial charge in [0.2, 0.25) is 0 Å². The molecule has 0 aliphatic rings. The van der Waals surface area contributed by atoms with Crippen molar-refractivity contribution < 1.29 is 18.3 Å². The third-order valence-electron chi connectivity index (χ3n) is 2.99. The van der Waals surface area contributed by atoms with Gasteiger partial charge in [0.25, 0.3) is 0 Å². The van der Waals surface area contributed by atoms with Gasteiger partial charge >= 0.3 is 6.18 Å². The zero-order valence-corrected chi connectivity index (χ0v) is 10.9. The SMILES string of the molecule is Cc1ccc(C(O)Cc2ccc(C(F)(F)F)cc2)nc1. The van der Waals surface area contributed by atoms with Gasteiger partial charge in [0.15, 0.2) is 0 Å². The Morgan fingerprint density at radius 2 is 1.75 bits per heavy atom. The van der Waals surface area contributed by atoms with Crippen molar-refractivity contribution in [3.8, 4) is 0 Å². The molecule has 2 aromatic rings. The Morgan fingerprint density at radius 1 is 1.10 bits per heavy atom. The van der Waals surface area contributed by atoms with Gasteiger partial charge in [0.05, 0.1) is 17.4 Å². The summed E-state index contributed by atoms with van der Waals surface area (Å²) in [5, 5.41) is 10.0. The third kappa shape index (κ3) is 3.57. The summed E-state index contributed by atoms with van der Waals surface area (Å²) in [5.41, 5.74) is 1.43. The highest BCUT2D eigenvalue weighted by Gasteiger charge is 2.29. The van der Waals surface area contributed by atoms with Gasteiger partial charge in [-0.15, -0.1) is 0 Å². The second kappa shape index (κ2) is 5.63. The fraction of sp³-hybridized carbons (Fsp3) is 0.267. The summed E-state index contributed by atoms with van der Waals surface area (Å²) >= 11 is 0. The number of rotatable bonds is 3. The molecular weight excluding hydrogens is 267 g/mol. The van der Waals surface area contributed by atoms with Gasteiger partial charge in [-0.1, -0.05) is 18.2 Å². The van der Waals surface area contributed by atoms with Gasteiger partial charge in [-0.3, -0.25) is 4.98 Å². The molecule has 1 aromatic carbocycles. The molecule has 2 nitrogen and oxygen atoms in total. The van der Waals surface area contributed by atoms with Gasteiger partial charge in [-0.05, 0) is 36.2 Å². The molecule has 0 radical (unpaired) electrons. The molecule has 0 aliphatic heterocycles. The molecule has 1 atom stereocenters. The van der Waals surface area contributed by atoms with E-state index in [2.05, 4.69) is 4.98 Å². The Bertz CT molecular complexity index is 561. The van der Waals surface area contributed by atoms with Crippen molar-refractivity contribution in [1.82, 2.24) is 4.98 Å². The Labute approximate surface area is 114 Å². The quantitative estimate of drug-likeness (QED) is 0.930. The normalized spacial score (nSPS) is 13.2. The van der Waals surface area contributed by atoms with E-state index in [9.17, 15) is 18.3 Å². The highest BCUT2D eigenvalue weighted by atomic mass is 19.4. The first-order valence-electron chi connectivity index (χ1n) is 6.13. The predicted octanol–water partition coefficient (Wildman–Crippen LogP) is 3.68. The van der Waals surface area contributed by atoms with Crippen molar-refractivity contribution in [2.24, 2.45) is 0 Å². The molecule has 0 saturated carbocycles. The number of aromatic nitrogens is 1. The highest BCUT2D eigenvalue weighted by Crippen LogP contribution is 2.29. The number of nitrogens with zero attached hydrogens (tertiary/aromatic N) is 1. The van der Waals surface area contributed by atoms with Crippen molar-refractivity contribution in [3.63, 3.8) is 0 Å². The van der Waals surface area contributed by atoms with Crippen LogP contribution in [0.1, 0.15) is 28.5 Å². The lowest BCUT2D eigenvalue weighted by atomic mass is 10.0. The maximum atomic E-state index is 12.4. The average Bonchev–Trinajstić information content (AvgIpc) is 2.39. The Morgan fingerprint density at radius 3 is 2.25 bits per heavy atom. The number of hydrogen-bond acceptors (Lipinski definition) is 2. The minimum atomic E-state index is -4.34. The molecule has 0 saturated heterocycles. The lowest BCUT2D eigenvalue weighted by molar-refractivity contribution is -0.137. The van der Waals surface area contributed by atoms with E-state index < -0.39 is 17.8 Å². The number of aryl methyl sites for hydroxylation is 1. The van der Waals surface area contributed by atoms with Gasteiger partial charge in [0.1, 0.15) is 0 Å². The summed E-state index contributed by atoms with van der Waals surface area (Å²) in [4.78, 5) is 4.10. The molecule has 0 aliphatic carbocycles. The van der Waals surface area contributed by atoms with Crippen LogP contribution in [0.2, 0.25) is 0 Å². The van der Waals surface area contributed by atoms with Crippen LogP contribution in [0, 0.1) is 6.92 Å². The van der Waals surface area contributed by atoms with Crippen LogP contribution in [0.4, 0.5) is 13.2 Å². The largest absolute Gasteiger partial charge is 0.416 e. The van der Waals surface area contributed by atoms with Crippen molar-refractivity contribution in [2.75, 3.05) is 0 Å². The zero-order valence-electron chi connectivity index (χ0n) is 10.9. The fourth-order valence-electron chi connectivity index (χ4n) is 1.83. The van der Waals surface area contributed by atoms with E-state index in [0.29, 0.717) is 11.3 Å². The number of hydrogen-bond donors (Lipinski definition) is 1. The molecule has 0 fully saturated rings. The lowest BCUT2D eigenvalue weighted by Gasteiger charge is -2.11. The minimum Gasteiger partial charge on any atom is -0.386 e. The summed E-state index contributed by atoms with van der Waals surface area (Å²) in [6.07, 6.45) is -3.29. The highest BCUT2D eigenvalue weighted by molar-refractivity contribution is 5.26. The van der Waals surface area contributed by atoms with Crippen LogP contribution < -0.4 is 0 Å². The standard InChI is InChI=1S/C15H14F3NO/c1-10-2-7-13(19-9-10)14(20)8-11-3-5-12(6-4-11)15(16,17)18/h2-7,9,14,20H,8H2,1H3. The van der Waals surface area contributed by atoms with Crippen molar-refractivity contribution in [2.45, 2.75) is 25.6 Å². The smallest absolute Gasteiger partial charge is 0.386 e. The van der Waals surface area contributed by atoms with Crippen LogP contribution in [0.3, 0.4) is 0 Å². The van der Waals surface area contributed by atoms with Gasteiger partial charge < -0.3 is 5.11 Å². The summed E-state index contributed by atoms with van der Waals surface area (Å²) in [6.45, 7) is 1.89. The van der Waals surface area contributed by atoms with Crippen LogP contribution in [0.5, 0.6) is 0 Å². The molecular formula is C15H14F3NO. The zero-order chi connectivity index (χ0) is 14.8. The van der Waals surface area contributed by atoms with Crippen molar-refractivity contribution >= 4 is 0 Å². The van der Waals surface area contributed by atoms with Crippen LogP contribution in [0.25, 0.3) is 0 Å². The molecule has 1 unspecified atom stereocenters. The molecule has 0 amide bonds. The van der Waals surface area contributed by atoms with Gasteiger partial charge in [-0.2, -0.15) is 13.2 Å². The number of halogens is 3. The summed E-state index contributed by atoms with van der Waals surface area (Å²) in [6, 6.07) is 8.33. The van der Waals surface area contributed by atoms with E-state index >= 15 is 0 Å². The molecule has 20 heavy (non-hydrogen) atoms. The van der Waals surface area contributed by atoms with Crippen LogP contribution in [-0.4, -0.2) is 10.1 Å². The number of alkyl halides is 3. The summed E-state index contributed by atoms with van der Waals surface area (Å²) in [5.74, 6) is 0. The molecule has 5 heteroatoms. The van der Waals surface area contributed by atoms with E-state index in [-0.39, 0.29) is 6.42 Å². The van der Waals surface area contributed by atoms with Crippen molar-refractivity contribution in [1.29, 1.82) is 0 Å². The Balaban J connectivity index is 2.08. The van der Waals surface area contributed by atoms with E-state index in [1.165, 1.54) is 12.1 Å². The predicted molar refractivity (Wildman–Crippen MR) is 69.1 cm³/mol. The average molecular weight is 281 g/mol. The Hall–Kier alpha value is -1.88. The van der Waals surface area contributed by atoms with Crippen LogP contribution in [0.15, 0.2) is 42.6 Å². The molecule has 1 aromatic heterocycles. The molecule has 0 spiro atoms. The Kier molecular flexibility index (Phi) is 4.09. The summed E-state index contributed by atoms with van der Waals surface area (Å²) in [7, 11) is 0. The summed E-state index contributed by atoms with van der Waals surface area (Å²) < 4.78 is 37.3. The lowest BCUT2D eigenvalue weighted by Crippen LogP contribution is -2.06. The first-order valence-corrected chi connectivity index (χ1v) is 6.13. The second-order valence-electron chi connectivity index (χ2n) is 4.68. The van der Waals surface area contributed by atoms with E-state index in [1.54, 1.807) is 12.3 Å². The molecule has 0 bridgehead atoms. The fourth-order valence-corrected chi connectivity index (χ4v) is 1.83. The van der Waals surface area contributed by atoms with E-state index in [0.717, 1.165) is 17.7 Å². The molecule has 106 valence electrons. The number of pyridine rings is 1. The maximum Gasteiger partial charge on any atom is 0.416 e. The molecule has 1 N–H and O–H groups in total. The molecule has 1 heterocycles. The third-order valence-corrected chi connectivity index (χ3v) is 2.99. The number of benzene rings is 1. The van der Waals surface area contributed by atoms with Gasteiger partial charge in [-0.25, -0.2) is 0 Å². The topological polar surface area (TPSA) is 33.1 Å². The first kappa shape index (κ1) is 14.5. The van der Waals surface area contributed by atoms with Crippen molar-refractivity contribution in [3.05, 3.63) is 65.0 Å². The maximum absolute atomic E-state index is 12.4. The number of aliphatic hydroxyl groups excluding tert-OH is 1.